The van der Waals surface area contributed by atoms with E-state index in [-0.39, 0.29) is 31.2 Å². The predicted octanol–water partition coefficient (Wildman–Crippen LogP) is 0.570. The van der Waals surface area contributed by atoms with Crippen molar-refractivity contribution < 1.29 is 32.5 Å². The van der Waals surface area contributed by atoms with Crippen LogP contribution in [-0.4, -0.2) is 63.3 Å². The van der Waals surface area contributed by atoms with E-state index in [9.17, 15) is 13.2 Å². The maximum Gasteiger partial charge on any atom is 0.310 e. The summed E-state index contributed by atoms with van der Waals surface area (Å²) in [6, 6.07) is 4.44. The van der Waals surface area contributed by atoms with Crippen molar-refractivity contribution in [3.05, 3.63) is 18.2 Å². The Morgan fingerprint density at radius 1 is 1.17 bits per heavy atom. The van der Waals surface area contributed by atoms with Crippen LogP contribution in [0.25, 0.3) is 0 Å². The van der Waals surface area contributed by atoms with Gasteiger partial charge in [0.05, 0.1) is 37.2 Å². The smallest absolute Gasteiger partial charge is 0.310 e. The van der Waals surface area contributed by atoms with Crippen LogP contribution in [0, 0.1) is 5.92 Å². The second-order valence-corrected chi connectivity index (χ2v) is 7.57. The van der Waals surface area contributed by atoms with Crippen LogP contribution in [0.15, 0.2) is 23.1 Å². The Balaban J connectivity index is 1.89. The first kappa shape index (κ1) is 17.0. The molecule has 0 aromatic heterocycles. The van der Waals surface area contributed by atoms with Crippen LogP contribution in [0.3, 0.4) is 0 Å². The number of aliphatic carboxylic acids is 1. The fraction of sp³-hybridized carbons (Fsp3) is 0.533. The molecular formula is C15H19NO7S. The summed E-state index contributed by atoms with van der Waals surface area (Å²) in [6.45, 7) is 1.13. The highest BCUT2D eigenvalue weighted by molar-refractivity contribution is 7.89. The van der Waals surface area contributed by atoms with Crippen LogP contribution in [-0.2, 0) is 19.6 Å². The van der Waals surface area contributed by atoms with Gasteiger partial charge in [0.15, 0.2) is 11.5 Å². The number of carboxylic acids is 1. The Morgan fingerprint density at radius 2 is 1.92 bits per heavy atom. The van der Waals surface area contributed by atoms with Crippen LogP contribution < -0.4 is 9.47 Å². The number of sulfonamides is 1. The number of carbonyl (C=O) groups is 1. The van der Waals surface area contributed by atoms with Gasteiger partial charge in [0.25, 0.3) is 0 Å². The normalized spacial score (nSPS) is 22.4. The zero-order chi connectivity index (χ0) is 17.2. The average Bonchev–Trinajstić information content (AvgIpc) is 2.95. The molecule has 1 saturated heterocycles. The Kier molecular flexibility index (Phi) is 4.93. The molecule has 9 heteroatoms. The summed E-state index contributed by atoms with van der Waals surface area (Å²) in [6.07, 6.45) is 0.723. The molecule has 0 aliphatic carbocycles. The predicted molar refractivity (Wildman–Crippen MR) is 82.8 cm³/mol. The summed E-state index contributed by atoms with van der Waals surface area (Å²) in [7, 11) is -3.84. The van der Waals surface area contributed by atoms with Crippen LogP contribution in [0.1, 0.15) is 6.42 Å². The zero-order valence-corrected chi connectivity index (χ0v) is 13.8. The second kappa shape index (κ2) is 6.96. The number of benzene rings is 1. The van der Waals surface area contributed by atoms with Crippen LogP contribution in [0.4, 0.5) is 0 Å². The molecule has 0 radical (unpaired) electrons. The third-order valence-electron chi connectivity index (χ3n) is 3.93. The maximum atomic E-state index is 12.9. The number of carboxylic acid groups (broad SMARTS) is 1. The van der Waals surface area contributed by atoms with E-state index in [4.69, 9.17) is 19.3 Å². The van der Waals surface area contributed by atoms with Gasteiger partial charge in [-0.25, -0.2) is 8.42 Å². The monoisotopic (exact) mass is 357 g/mol. The maximum absolute atomic E-state index is 12.9. The van der Waals surface area contributed by atoms with Crippen molar-refractivity contribution in [1.82, 2.24) is 4.31 Å². The standard InChI is InChI=1S/C15H19NO7S/c17-15(18)11-9-16(4-7-21-10-11)24(19,20)12-2-3-13-14(8-12)23-6-1-5-22-13/h2-3,8,11H,1,4-7,9-10H2,(H,17,18). The summed E-state index contributed by atoms with van der Waals surface area (Å²) in [5.41, 5.74) is 0. The minimum absolute atomic E-state index is 0.00247. The summed E-state index contributed by atoms with van der Waals surface area (Å²) < 4.78 is 43.1. The number of fused-ring (bicyclic) bond motifs is 1. The summed E-state index contributed by atoms with van der Waals surface area (Å²) in [5, 5.41) is 9.17. The highest BCUT2D eigenvalue weighted by Crippen LogP contribution is 2.33. The van der Waals surface area contributed by atoms with Crippen molar-refractivity contribution in [2.45, 2.75) is 11.3 Å². The minimum Gasteiger partial charge on any atom is -0.490 e. The lowest BCUT2D eigenvalue weighted by Crippen LogP contribution is -2.38. The van der Waals surface area contributed by atoms with E-state index in [1.165, 1.54) is 12.1 Å². The molecule has 1 fully saturated rings. The Hall–Kier alpha value is -1.84. The first-order valence-corrected chi connectivity index (χ1v) is 9.13. The van der Waals surface area contributed by atoms with Gasteiger partial charge in [0.1, 0.15) is 0 Å². The molecule has 3 rings (SSSR count). The lowest BCUT2D eigenvalue weighted by molar-refractivity contribution is -0.143. The highest BCUT2D eigenvalue weighted by atomic mass is 32.2. The van der Waals surface area contributed by atoms with Crippen molar-refractivity contribution >= 4 is 16.0 Å². The largest absolute Gasteiger partial charge is 0.490 e. The van der Waals surface area contributed by atoms with E-state index in [2.05, 4.69) is 0 Å². The summed E-state index contributed by atoms with van der Waals surface area (Å²) in [4.78, 5) is 11.3. The van der Waals surface area contributed by atoms with Crippen molar-refractivity contribution in [2.24, 2.45) is 5.92 Å². The molecule has 0 amide bonds. The highest BCUT2D eigenvalue weighted by Gasteiger charge is 2.33. The molecular weight excluding hydrogens is 338 g/mol. The molecule has 0 saturated carbocycles. The van der Waals surface area contributed by atoms with Gasteiger partial charge in [-0.1, -0.05) is 0 Å². The van der Waals surface area contributed by atoms with Crippen molar-refractivity contribution in [3.63, 3.8) is 0 Å². The van der Waals surface area contributed by atoms with E-state index >= 15 is 0 Å². The van der Waals surface area contributed by atoms with E-state index in [1.807, 2.05) is 0 Å². The molecule has 1 aromatic carbocycles. The lowest BCUT2D eigenvalue weighted by Gasteiger charge is -2.22. The average molecular weight is 357 g/mol. The number of nitrogens with zero attached hydrogens (tertiary/aromatic N) is 1. The number of ether oxygens (including phenoxy) is 3. The van der Waals surface area contributed by atoms with E-state index < -0.39 is 21.9 Å². The summed E-state index contributed by atoms with van der Waals surface area (Å²) >= 11 is 0. The van der Waals surface area contributed by atoms with Crippen molar-refractivity contribution in [1.29, 1.82) is 0 Å². The van der Waals surface area contributed by atoms with Gasteiger partial charge in [-0.3, -0.25) is 4.79 Å². The lowest BCUT2D eigenvalue weighted by atomic mass is 10.2. The second-order valence-electron chi connectivity index (χ2n) is 5.63. The van der Waals surface area contributed by atoms with Crippen LogP contribution >= 0.6 is 0 Å². The molecule has 8 nitrogen and oxygen atoms in total. The molecule has 1 N–H and O–H groups in total. The van der Waals surface area contributed by atoms with Crippen LogP contribution in [0.2, 0.25) is 0 Å². The number of hydrogen-bond acceptors (Lipinski definition) is 6. The quantitative estimate of drug-likeness (QED) is 0.843. The third kappa shape index (κ3) is 3.47. The SMILES string of the molecule is O=C(O)C1COCCN(S(=O)(=O)c2ccc3c(c2)OCCCO3)C1. The Labute approximate surface area is 140 Å². The van der Waals surface area contributed by atoms with Crippen molar-refractivity contribution in [3.8, 4) is 11.5 Å². The zero-order valence-electron chi connectivity index (χ0n) is 13.0. The van der Waals surface area contributed by atoms with E-state index in [1.54, 1.807) is 6.07 Å². The molecule has 1 aromatic rings. The Morgan fingerprint density at radius 3 is 2.67 bits per heavy atom. The molecule has 2 aliphatic rings. The van der Waals surface area contributed by atoms with Gasteiger partial charge in [0.2, 0.25) is 10.0 Å². The Bertz CT molecular complexity index is 719. The van der Waals surface area contributed by atoms with Gasteiger partial charge in [-0.15, -0.1) is 0 Å². The van der Waals surface area contributed by atoms with Gasteiger partial charge in [-0.05, 0) is 12.1 Å². The first-order chi connectivity index (χ1) is 11.5. The van der Waals surface area contributed by atoms with Crippen molar-refractivity contribution in [2.75, 3.05) is 39.5 Å². The molecule has 1 atom stereocenters. The minimum atomic E-state index is -3.84. The molecule has 1 unspecified atom stereocenters. The third-order valence-corrected chi connectivity index (χ3v) is 5.80. The van der Waals surface area contributed by atoms with Gasteiger partial charge < -0.3 is 19.3 Å². The molecule has 2 aliphatic heterocycles. The molecule has 132 valence electrons. The topological polar surface area (TPSA) is 102 Å². The number of rotatable bonds is 3. The molecule has 0 bridgehead atoms. The molecule has 2 heterocycles. The van der Waals surface area contributed by atoms with Gasteiger partial charge in [-0.2, -0.15) is 4.31 Å². The summed E-state index contributed by atoms with van der Waals surface area (Å²) in [5.74, 6) is -1.07. The molecule has 0 spiro atoms. The first-order valence-electron chi connectivity index (χ1n) is 7.69. The van der Waals surface area contributed by atoms with Gasteiger partial charge >= 0.3 is 5.97 Å². The molecule has 24 heavy (non-hydrogen) atoms. The fourth-order valence-corrected chi connectivity index (χ4v) is 4.09. The number of hydrogen-bond donors (Lipinski definition) is 1. The van der Waals surface area contributed by atoms with Gasteiger partial charge in [0, 0.05) is 25.6 Å². The van der Waals surface area contributed by atoms with E-state index in [0.29, 0.717) is 24.7 Å². The van der Waals surface area contributed by atoms with E-state index in [0.717, 1.165) is 10.7 Å². The van der Waals surface area contributed by atoms with Crippen LogP contribution in [0.5, 0.6) is 11.5 Å². The fourth-order valence-electron chi connectivity index (χ4n) is 2.60.